The molecule has 10 atom stereocenters. The van der Waals surface area contributed by atoms with Crippen LogP contribution in [0, 0.1) is 0 Å². The molecular formula is C35H49N9O15. The molecule has 1 aliphatic rings. The smallest absolute Gasteiger partial charge is 0.328 e. The number of nitrogens with one attached hydrogen (secondary N) is 8. The van der Waals surface area contributed by atoms with Gasteiger partial charge in [0.25, 0.3) is 0 Å². The molecule has 0 saturated carbocycles. The lowest BCUT2D eigenvalue weighted by Crippen LogP contribution is -2.68. The Hall–Kier alpha value is -6.21. The molecule has 1 saturated heterocycles. The van der Waals surface area contributed by atoms with Crippen LogP contribution < -0.4 is 37.2 Å². The molecule has 0 spiro atoms. The molecule has 24 nitrogen and oxygen atoms in total. The average molecular weight is 836 g/mol. The lowest BCUT2D eigenvalue weighted by atomic mass is 9.95. The van der Waals surface area contributed by atoms with Gasteiger partial charge in [0.15, 0.2) is 6.23 Å². The number of carboxylic acids is 1. The van der Waals surface area contributed by atoms with Gasteiger partial charge in [-0.2, -0.15) is 0 Å². The molecule has 0 aliphatic carbocycles. The third-order valence-electron chi connectivity index (χ3n) is 8.85. The lowest BCUT2D eigenvalue weighted by Gasteiger charge is -2.42. The number of hydrogen-bond acceptors (Lipinski definition) is 15. The highest BCUT2D eigenvalue weighted by molar-refractivity contribution is 5.97. The van der Waals surface area contributed by atoms with Crippen molar-refractivity contribution < 1.29 is 73.7 Å². The minimum Gasteiger partial charge on any atom is -0.508 e. The van der Waals surface area contributed by atoms with Gasteiger partial charge in [0.2, 0.25) is 41.4 Å². The minimum absolute atomic E-state index is 0.0881. The third-order valence-corrected chi connectivity index (χ3v) is 8.85. The number of nitrogens with zero attached hydrogens (tertiary/aromatic N) is 1. The Balaban J connectivity index is 1.78. The Bertz CT molecular complexity index is 1800. The van der Waals surface area contributed by atoms with Crippen LogP contribution in [-0.2, 0) is 55.9 Å². The highest BCUT2D eigenvalue weighted by Gasteiger charge is 2.45. The van der Waals surface area contributed by atoms with Gasteiger partial charge in [-0.15, -0.1) is 0 Å². The van der Waals surface area contributed by atoms with Crippen molar-refractivity contribution >= 4 is 47.3 Å². The summed E-state index contributed by atoms with van der Waals surface area (Å²) in [6.07, 6.45) is -4.88. The summed E-state index contributed by atoms with van der Waals surface area (Å²) in [6, 6.07) is -3.58. The summed E-state index contributed by atoms with van der Waals surface area (Å²) in [6.45, 7) is 1.66. The first kappa shape index (κ1) is 47.2. The number of imidazole rings is 1. The van der Waals surface area contributed by atoms with Crippen molar-refractivity contribution in [3.8, 4) is 5.75 Å². The standard InChI is InChI=1S/C35H49N9O15/c1-15(30(53)41-21(8-18-4-6-20(49)7-5-18)32(55)43-24(12-45)35(57)58)38-31(54)22(9-19-11-36-14-37-19)42-33(56)23(39-16(2)47)10-26(50)44-34-27(40-17(3)48)29(52)28(51)25(13-46)59-34/h4-7,11,14-15,21-25,27-29,34,45-46,49,51-52H,8-10,12-13H2,1-3H3,(H,36,37)(H,38,54)(H,39,47)(H,40,48)(H,41,53)(H,42,56)(H,43,55)(H,44,50)(H,57,58)/t15-,21-,22-,23-,24-,25+,27+,28+,29+,34+/m0/s1. The van der Waals surface area contributed by atoms with Crippen molar-refractivity contribution in [2.24, 2.45) is 0 Å². The van der Waals surface area contributed by atoms with Gasteiger partial charge < -0.3 is 77.6 Å². The molecule has 0 radical (unpaired) electrons. The van der Waals surface area contributed by atoms with Gasteiger partial charge in [-0.1, -0.05) is 12.1 Å². The van der Waals surface area contributed by atoms with Crippen LogP contribution in [0.25, 0.3) is 0 Å². The molecule has 2 aromatic rings. The molecule has 0 unspecified atom stereocenters. The highest BCUT2D eigenvalue weighted by Crippen LogP contribution is 2.20. The SMILES string of the molecule is CC(=O)N[C@@H]1[C@@H](O)[C@H](O)[C@@H](CO)O[C@H]1NC(=O)C[C@H](NC(C)=O)C(=O)N[C@@H](Cc1cnc[nH]1)C(=O)N[C@@H](C)C(=O)N[C@@H](Cc1ccc(O)cc1)C(=O)N[C@@H](CO)C(=O)O. The predicted octanol–water partition coefficient (Wildman–Crippen LogP) is -6.11. The van der Waals surface area contributed by atoms with Crippen LogP contribution in [0.1, 0.15) is 38.4 Å². The maximum absolute atomic E-state index is 13.7. The Morgan fingerprint density at radius 1 is 0.763 bits per heavy atom. The van der Waals surface area contributed by atoms with E-state index in [-0.39, 0.29) is 18.6 Å². The van der Waals surface area contributed by atoms with Gasteiger partial charge in [-0.05, 0) is 24.6 Å². The number of rotatable bonds is 20. The van der Waals surface area contributed by atoms with Crippen molar-refractivity contribution in [2.45, 2.75) is 101 Å². The van der Waals surface area contributed by atoms with E-state index in [4.69, 9.17) is 4.74 Å². The summed E-state index contributed by atoms with van der Waals surface area (Å²) in [5, 5.41) is 75.1. The molecular weight excluding hydrogens is 786 g/mol. The number of carbonyl (C=O) groups is 8. The fraction of sp³-hybridized carbons (Fsp3) is 0.514. The minimum atomic E-state index is -1.71. The van der Waals surface area contributed by atoms with Crippen LogP contribution in [0.2, 0.25) is 0 Å². The summed E-state index contributed by atoms with van der Waals surface area (Å²) < 4.78 is 5.48. The zero-order valence-corrected chi connectivity index (χ0v) is 32.1. The fourth-order valence-corrected chi connectivity index (χ4v) is 5.80. The number of phenolic OH excluding ortho intramolecular Hbond substituents is 1. The van der Waals surface area contributed by atoms with Crippen molar-refractivity contribution in [1.82, 2.24) is 47.2 Å². The third kappa shape index (κ3) is 14.3. The molecule has 1 aromatic heterocycles. The van der Waals surface area contributed by atoms with E-state index in [1.54, 1.807) is 0 Å². The number of amides is 7. The Morgan fingerprint density at radius 2 is 1.36 bits per heavy atom. The number of carboxylic acid groups (broad SMARTS) is 1. The number of aromatic hydroxyl groups is 1. The first-order chi connectivity index (χ1) is 27.8. The number of H-pyrrole nitrogens is 1. The van der Waals surface area contributed by atoms with E-state index >= 15 is 0 Å². The summed E-state index contributed by atoms with van der Waals surface area (Å²) in [5.41, 5.74) is 0.765. The van der Waals surface area contributed by atoms with Crippen LogP contribution in [0.4, 0.5) is 0 Å². The topological polar surface area (TPSA) is 380 Å². The van der Waals surface area contributed by atoms with Crippen LogP contribution in [-0.4, -0.2) is 162 Å². The summed E-state index contributed by atoms with van der Waals surface area (Å²) in [5.74, 6) is -7.97. The van der Waals surface area contributed by atoms with Crippen LogP contribution >= 0.6 is 0 Å². The number of aromatic nitrogens is 2. The molecule has 3 rings (SSSR count). The maximum Gasteiger partial charge on any atom is 0.328 e. The Kier molecular flexibility index (Phi) is 17.6. The van der Waals surface area contributed by atoms with E-state index in [1.807, 2.05) is 0 Å². The van der Waals surface area contributed by atoms with Crippen LogP contribution in [0.5, 0.6) is 5.75 Å². The molecule has 1 aromatic carbocycles. The second kappa shape index (κ2) is 22.1. The van der Waals surface area contributed by atoms with Gasteiger partial charge in [0, 0.05) is 38.6 Å². The molecule has 14 N–H and O–H groups in total. The number of benzene rings is 1. The molecule has 1 aliphatic heterocycles. The zero-order valence-electron chi connectivity index (χ0n) is 32.1. The van der Waals surface area contributed by atoms with Gasteiger partial charge >= 0.3 is 5.97 Å². The molecule has 7 amide bonds. The van der Waals surface area contributed by atoms with Crippen molar-refractivity contribution in [3.63, 3.8) is 0 Å². The number of phenols is 1. The molecule has 2 heterocycles. The first-order valence-corrected chi connectivity index (χ1v) is 18.1. The van der Waals surface area contributed by atoms with Gasteiger partial charge in [-0.3, -0.25) is 33.6 Å². The molecule has 24 heteroatoms. The molecule has 1 fully saturated rings. The normalized spacial score (nSPS) is 21.2. The monoisotopic (exact) mass is 835 g/mol. The zero-order chi connectivity index (χ0) is 44.0. The Labute approximate surface area is 335 Å². The number of ether oxygens (including phenoxy) is 1. The van der Waals surface area contributed by atoms with E-state index in [1.165, 1.54) is 43.7 Å². The second-order valence-electron chi connectivity index (χ2n) is 13.6. The largest absolute Gasteiger partial charge is 0.508 e. The number of hydrogen-bond donors (Lipinski definition) is 14. The summed E-state index contributed by atoms with van der Waals surface area (Å²) >= 11 is 0. The van der Waals surface area contributed by atoms with Crippen LogP contribution in [0.3, 0.4) is 0 Å². The van der Waals surface area contributed by atoms with E-state index in [0.717, 1.165) is 13.8 Å². The molecule has 59 heavy (non-hydrogen) atoms. The molecule has 0 bridgehead atoms. The number of aromatic amines is 1. The van der Waals surface area contributed by atoms with Crippen LogP contribution in [0.15, 0.2) is 36.8 Å². The maximum atomic E-state index is 13.7. The first-order valence-electron chi connectivity index (χ1n) is 18.1. The van der Waals surface area contributed by atoms with Crippen molar-refractivity contribution in [2.75, 3.05) is 13.2 Å². The fourth-order valence-electron chi connectivity index (χ4n) is 5.80. The Morgan fingerprint density at radius 3 is 1.92 bits per heavy atom. The second-order valence-corrected chi connectivity index (χ2v) is 13.6. The van der Waals surface area contributed by atoms with E-state index in [0.29, 0.717) is 11.3 Å². The van der Waals surface area contributed by atoms with Gasteiger partial charge in [0.05, 0.1) is 26.0 Å². The molecule has 324 valence electrons. The van der Waals surface area contributed by atoms with Crippen molar-refractivity contribution in [1.29, 1.82) is 0 Å². The number of aliphatic hydroxyl groups is 4. The number of carbonyl (C=O) groups excluding carboxylic acids is 7. The summed E-state index contributed by atoms with van der Waals surface area (Å²) in [4.78, 5) is 109. The number of aliphatic hydroxyl groups excluding tert-OH is 4. The predicted molar refractivity (Wildman–Crippen MR) is 198 cm³/mol. The van der Waals surface area contributed by atoms with E-state index in [2.05, 4.69) is 47.2 Å². The van der Waals surface area contributed by atoms with Gasteiger partial charge in [-0.25, -0.2) is 9.78 Å². The van der Waals surface area contributed by atoms with E-state index in [9.17, 15) is 69.0 Å². The quantitative estimate of drug-likeness (QED) is 0.0590. The summed E-state index contributed by atoms with van der Waals surface area (Å²) in [7, 11) is 0. The van der Waals surface area contributed by atoms with E-state index < -0.39 is 128 Å². The van der Waals surface area contributed by atoms with Crippen molar-refractivity contribution in [3.05, 3.63) is 48.0 Å². The highest BCUT2D eigenvalue weighted by atomic mass is 16.5. The average Bonchev–Trinajstić information content (AvgIpc) is 3.69. The number of aliphatic carboxylic acids is 1. The lowest BCUT2D eigenvalue weighted by molar-refractivity contribution is -0.203. The van der Waals surface area contributed by atoms with Gasteiger partial charge in [0.1, 0.15) is 60.3 Å².